The van der Waals surface area contributed by atoms with Crippen LogP contribution < -0.4 is 4.90 Å². The van der Waals surface area contributed by atoms with Crippen LogP contribution in [0.2, 0.25) is 0 Å². The summed E-state index contributed by atoms with van der Waals surface area (Å²) in [5.41, 5.74) is 3.06. The number of hydrogen-bond donors (Lipinski definition) is 1. The molecule has 108 valence electrons. The van der Waals surface area contributed by atoms with Crippen LogP contribution in [0.4, 0.5) is 10.1 Å². The number of hydrogen-bond acceptors (Lipinski definition) is 3. The Morgan fingerprint density at radius 2 is 1.90 bits per heavy atom. The van der Waals surface area contributed by atoms with E-state index in [0.717, 1.165) is 16.8 Å². The number of aliphatic hydroxyl groups excluding tert-OH is 1. The third-order valence-electron chi connectivity index (χ3n) is 3.35. The Morgan fingerprint density at radius 3 is 2.48 bits per heavy atom. The zero-order valence-electron chi connectivity index (χ0n) is 12.0. The molecule has 1 N–H and O–H groups in total. The van der Waals surface area contributed by atoms with Gasteiger partial charge in [-0.2, -0.15) is 5.26 Å². The smallest absolute Gasteiger partial charge is 0.123 e. The molecule has 0 unspecified atom stereocenters. The Balaban J connectivity index is 2.31. The van der Waals surface area contributed by atoms with Gasteiger partial charge in [-0.1, -0.05) is 18.2 Å². The predicted molar refractivity (Wildman–Crippen MR) is 80.3 cm³/mol. The van der Waals surface area contributed by atoms with E-state index in [1.807, 2.05) is 11.9 Å². The van der Waals surface area contributed by atoms with Crippen molar-refractivity contribution in [3.8, 4) is 6.07 Å². The molecule has 0 saturated heterocycles. The van der Waals surface area contributed by atoms with Gasteiger partial charge in [0, 0.05) is 24.8 Å². The summed E-state index contributed by atoms with van der Waals surface area (Å²) in [5, 5.41) is 18.9. The standard InChI is InChI=1S/C17H17FN2O/c1-12(21)16-8-5-14(10-19)9-17(16)20(2)11-13-3-6-15(18)7-4-13/h3-9,12,21H,11H2,1-2H3/t12-/m0/s1. The number of rotatable bonds is 4. The van der Waals surface area contributed by atoms with E-state index < -0.39 is 6.10 Å². The predicted octanol–water partition coefficient (Wildman–Crippen LogP) is 3.39. The van der Waals surface area contributed by atoms with Gasteiger partial charge in [-0.25, -0.2) is 4.39 Å². The number of anilines is 1. The molecule has 0 spiro atoms. The highest BCUT2D eigenvalue weighted by Crippen LogP contribution is 2.28. The molecule has 0 saturated carbocycles. The lowest BCUT2D eigenvalue weighted by molar-refractivity contribution is 0.199. The van der Waals surface area contributed by atoms with Gasteiger partial charge >= 0.3 is 0 Å². The van der Waals surface area contributed by atoms with Gasteiger partial charge in [-0.15, -0.1) is 0 Å². The first-order chi connectivity index (χ1) is 10.0. The summed E-state index contributed by atoms with van der Waals surface area (Å²) in [7, 11) is 1.88. The van der Waals surface area contributed by atoms with Crippen LogP contribution in [0.1, 0.15) is 29.7 Å². The summed E-state index contributed by atoms with van der Waals surface area (Å²) in [4.78, 5) is 1.94. The molecule has 2 aromatic rings. The van der Waals surface area contributed by atoms with Crippen LogP contribution in [0.5, 0.6) is 0 Å². The van der Waals surface area contributed by atoms with Crippen molar-refractivity contribution in [2.24, 2.45) is 0 Å². The number of nitriles is 1. The maximum Gasteiger partial charge on any atom is 0.123 e. The molecule has 0 aromatic heterocycles. The van der Waals surface area contributed by atoms with E-state index in [0.29, 0.717) is 12.1 Å². The molecule has 0 radical (unpaired) electrons. The van der Waals surface area contributed by atoms with E-state index in [2.05, 4.69) is 6.07 Å². The van der Waals surface area contributed by atoms with Gasteiger partial charge in [-0.05, 0) is 36.8 Å². The minimum atomic E-state index is -0.622. The van der Waals surface area contributed by atoms with Crippen molar-refractivity contribution in [2.45, 2.75) is 19.6 Å². The van der Waals surface area contributed by atoms with Crippen molar-refractivity contribution < 1.29 is 9.50 Å². The summed E-state index contributed by atoms with van der Waals surface area (Å²) in [6.45, 7) is 2.26. The van der Waals surface area contributed by atoms with Crippen LogP contribution in [0.15, 0.2) is 42.5 Å². The van der Waals surface area contributed by atoms with Gasteiger partial charge in [0.05, 0.1) is 17.7 Å². The molecule has 2 rings (SSSR count). The van der Waals surface area contributed by atoms with Gasteiger partial charge in [-0.3, -0.25) is 0 Å². The van der Waals surface area contributed by atoms with Crippen LogP contribution in [0, 0.1) is 17.1 Å². The van der Waals surface area contributed by atoms with E-state index >= 15 is 0 Å². The summed E-state index contributed by atoms with van der Waals surface area (Å²) < 4.78 is 12.9. The lowest BCUT2D eigenvalue weighted by atomic mass is 10.0. The molecule has 4 heteroatoms. The fourth-order valence-corrected chi connectivity index (χ4v) is 2.25. The van der Waals surface area contributed by atoms with Gasteiger partial charge in [0.1, 0.15) is 5.82 Å². The number of aliphatic hydroxyl groups is 1. The summed E-state index contributed by atoms with van der Waals surface area (Å²) >= 11 is 0. The Bertz CT molecular complexity index is 659. The van der Waals surface area contributed by atoms with E-state index in [9.17, 15) is 9.50 Å². The number of nitrogens with zero attached hydrogens (tertiary/aromatic N) is 2. The molecule has 0 amide bonds. The molecule has 0 heterocycles. The van der Waals surface area contributed by atoms with Gasteiger partial charge in [0.25, 0.3) is 0 Å². The molecule has 0 aliphatic carbocycles. The Kier molecular flexibility index (Phi) is 4.56. The van der Waals surface area contributed by atoms with Crippen molar-refractivity contribution in [2.75, 3.05) is 11.9 Å². The Morgan fingerprint density at radius 1 is 1.24 bits per heavy atom. The van der Waals surface area contributed by atoms with Gasteiger partial charge in [0.15, 0.2) is 0 Å². The van der Waals surface area contributed by atoms with E-state index in [-0.39, 0.29) is 5.82 Å². The fourth-order valence-electron chi connectivity index (χ4n) is 2.25. The van der Waals surface area contributed by atoms with E-state index in [1.165, 1.54) is 12.1 Å². The van der Waals surface area contributed by atoms with Gasteiger partial charge < -0.3 is 10.0 Å². The van der Waals surface area contributed by atoms with Crippen molar-refractivity contribution >= 4 is 5.69 Å². The maximum absolute atomic E-state index is 12.9. The molecule has 0 fully saturated rings. The normalized spacial score (nSPS) is 11.8. The average Bonchev–Trinajstić information content (AvgIpc) is 2.48. The Labute approximate surface area is 123 Å². The second kappa shape index (κ2) is 6.38. The highest BCUT2D eigenvalue weighted by molar-refractivity contribution is 5.58. The van der Waals surface area contributed by atoms with Crippen molar-refractivity contribution in [3.63, 3.8) is 0 Å². The van der Waals surface area contributed by atoms with Crippen LogP contribution in [-0.4, -0.2) is 12.2 Å². The molecule has 1 atom stereocenters. The summed E-state index contributed by atoms with van der Waals surface area (Å²) in [6.07, 6.45) is -0.622. The molecule has 0 aliphatic rings. The molecule has 2 aromatic carbocycles. The monoisotopic (exact) mass is 284 g/mol. The fraction of sp³-hybridized carbons (Fsp3) is 0.235. The first kappa shape index (κ1) is 15.0. The van der Waals surface area contributed by atoms with E-state index in [4.69, 9.17) is 5.26 Å². The topological polar surface area (TPSA) is 47.3 Å². The molecular weight excluding hydrogens is 267 g/mol. The molecular formula is C17H17FN2O. The summed E-state index contributed by atoms with van der Waals surface area (Å²) in [5.74, 6) is -0.266. The number of benzene rings is 2. The van der Waals surface area contributed by atoms with Crippen molar-refractivity contribution in [3.05, 3.63) is 65.0 Å². The largest absolute Gasteiger partial charge is 0.389 e. The van der Waals surface area contributed by atoms with Gasteiger partial charge in [0.2, 0.25) is 0 Å². The van der Waals surface area contributed by atoms with Crippen LogP contribution >= 0.6 is 0 Å². The summed E-state index contributed by atoms with van der Waals surface area (Å²) in [6, 6.07) is 13.6. The third kappa shape index (κ3) is 3.59. The minimum absolute atomic E-state index is 0.266. The van der Waals surface area contributed by atoms with Crippen LogP contribution in [0.3, 0.4) is 0 Å². The lowest BCUT2D eigenvalue weighted by Crippen LogP contribution is -2.18. The average molecular weight is 284 g/mol. The minimum Gasteiger partial charge on any atom is -0.389 e. The number of halogens is 1. The highest BCUT2D eigenvalue weighted by atomic mass is 19.1. The first-order valence-electron chi connectivity index (χ1n) is 6.69. The molecule has 0 aliphatic heterocycles. The highest BCUT2D eigenvalue weighted by Gasteiger charge is 2.13. The van der Waals surface area contributed by atoms with Crippen molar-refractivity contribution in [1.82, 2.24) is 0 Å². The molecule has 3 nitrogen and oxygen atoms in total. The van der Waals surface area contributed by atoms with Crippen LogP contribution in [0.25, 0.3) is 0 Å². The third-order valence-corrected chi connectivity index (χ3v) is 3.35. The second-order valence-electron chi connectivity index (χ2n) is 5.04. The first-order valence-corrected chi connectivity index (χ1v) is 6.69. The Hall–Kier alpha value is -2.38. The van der Waals surface area contributed by atoms with E-state index in [1.54, 1.807) is 37.3 Å². The maximum atomic E-state index is 12.9. The quantitative estimate of drug-likeness (QED) is 0.936. The lowest BCUT2D eigenvalue weighted by Gasteiger charge is -2.24. The molecule has 21 heavy (non-hydrogen) atoms. The zero-order chi connectivity index (χ0) is 15.4. The van der Waals surface area contributed by atoms with Crippen molar-refractivity contribution in [1.29, 1.82) is 5.26 Å². The second-order valence-corrected chi connectivity index (χ2v) is 5.04. The van der Waals surface area contributed by atoms with Crippen LogP contribution in [-0.2, 0) is 6.54 Å². The zero-order valence-corrected chi connectivity index (χ0v) is 12.0. The molecule has 0 bridgehead atoms. The SMILES string of the molecule is C[C@H](O)c1ccc(C#N)cc1N(C)Cc1ccc(F)cc1.